The third kappa shape index (κ3) is 2.64. The first-order chi connectivity index (χ1) is 12.3. The summed E-state index contributed by atoms with van der Waals surface area (Å²) in [7, 11) is 0. The molecule has 0 N–H and O–H groups in total. The average molecular weight is 327 g/mol. The highest BCUT2D eigenvalue weighted by atomic mass is 16.2. The van der Waals surface area contributed by atoms with E-state index in [2.05, 4.69) is 0 Å². The van der Waals surface area contributed by atoms with Crippen molar-refractivity contribution in [1.82, 2.24) is 4.57 Å². The van der Waals surface area contributed by atoms with E-state index >= 15 is 0 Å². The van der Waals surface area contributed by atoms with Gasteiger partial charge < -0.3 is 0 Å². The van der Waals surface area contributed by atoms with Crippen molar-refractivity contribution in [3.63, 3.8) is 0 Å². The van der Waals surface area contributed by atoms with Gasteiger partial charge >= 0.3 is 11.8 Å². The van der Waals surface area contributed by atoms with Gasteiger partial charge in [0.25, 0.3) is 6.33 Å². The predicted molar refractivity (Wildman–Crippen MR) is 94.5 cm³/mol. The Morgan fingerprint density at radius 2 is 1.24 bits per heavy atom. The van der Waals surface area contributed by atoms with Crippen LogP contribution >= 0.6 is 0 Å². The van der Waals surface area contributed by atoms with E-state index < -0.39 is 0 Å². The SMILES string of the molecule is O=C(c1ccccc1)n1c[n+](C(=O)c2ccccc2)c2ccccc21. The number of imidazole rings is 1. The monoisotopic (exact) mass is 327 g/mol. The fourth-order valence-electron chi connectivity index (χ4n) is 2.87. The summed E-state index contributed by atoms with van der Waals surface area (Å²) in [5.74, 6) is -0.340. The second-order valence-corrected chi connectivity index (χ2v) is 5.69. The zero-order valence-corrected chi connectivity index (χ0v) is 13.4. The van der Waals surface area contributed by atoms with Crippen molar-refractivity contribution in [3.05, 3.63) is 102 Å². The van der Waals surface area contributed by atoms with Gasteiger partial charge in [0.15, 0.2) is 11.0 Å². The third-order valence-electron chi connectivity index (χ3n) is 4.11. The molecule has 3 aromatic carbocycles. The number of hydrogen-bond acceptors (Lipinski definition) is 2. The van der Waals surface area contributed by atoms with Gasteiger partial charge in [0.2, 0.25) is 0 Å². The van der Waals surface area contributed by atoms with E-state index in [9.17, 15) is 9.59 Å². The summed E-state index contributed by atoms with van der Waals surface area (Å²) in [5, 5.41) is 0. The number of carbonyl (C=O) groups is 2. The first-order valence-corrected chi connectivity index (χ1v) is 7.97. The van der Waals surface area contributed by atoms with E-state index in [1.54, 1.807) is 30.6 Å². The number of nitrogens with zero attached hydrogens (tertiary/aromatic N) is 2. The second-order valence-electron chi connectivity index (χ2n) is 5.69. The number of benzene rings is 3. The summed E-state index contributed by atoms with van der Waals surface area (Å²) in [6.45, 7) is 0. The van der Waals surface area contributed by atoms with Crippen molar-refractivity contribution in [2.75, 3.05) is 0 Å². The normalized spacial score (nSPS) is 10.7. The number of aromatic nitrogens is 2. The molecule has 4 heteroatoms. The molecule has 4 nitrogen and oxygen atoms in total. The Kier molecular flexibility index (Phi) is 3.71. The van der Waals surface area contributed by atoms with E-state index in [0.29, 0.717) is 22.2 Å². The first-order valence-electron chi connectivity index (χ1n) is 7.97. The van der Waals surface area contributed by atoms with Gasteiger partial charge in [-0.1, -0.05) is 48.5 Å². The highest BCUT2D eigenvalue weighted by Crippen LogP contribution is 2.14. The van der Waals surface area contributed by atoms with E-state index in [1.807, 2.05) is 60.7 Å². The van der Waals surface area contributed by atoms with Crippen LogP contribution in [0, 0.1) is 0 Å². The summed E-state index contributed by atoms with van der Waals surface area (Å²) < 4.78 is 3.04. The molecule has 120 valence electrons. The molecule has 0 saturated carbocycles. The second kappa shape index (κ2) is 6.17. The maximum absolute atomic E-state index is 12.9. The highest BCUT2D eigenvalue weighted by molar-refractivity contribution is 6.01. The van der Waals surface area contributed by atoms with E-state index in [4.69, 9.17) is 0 Å². The molecule has 0 spiro atoms. The Labute approximate surface area is 144 Å². The van der Waals surface area contributed by atoms with Gasteiger partial charge in [-0.2, -0.15) is 9.13 Å². The molecule has 0 aliphatic rings. The van der Waals surface area contributed by atoms with Crippen LogP contribution in [0.1, 0.15) is 20.7 Å². The zero-order valence-electron chi connectivity index (χ0n) is 13.4. The Morgan fingerprint density at radius 1 is 0.680 bits per heavy atom. The van der Waals surface area contributed by atoms with Crippen molar-refractivity contribution in [3.8, 4) is 0 Å². The van der Waals surface area contributed by atoms with Crippen LogP contribution in [0.25, 0.3) is 11.0 Å². The number of fused-ring (bicyclic) bond motifs is 1. The molecule has 0 saturated heterocycles. The van der Waals surface area contributed by atoms with E-state index in [1.165, 1.54) is 9.13 Å². The van der Waals surface area contributed by atoms with Crippen molar-refractivity contribution in [2.45, 2.75) is 0 Å². The molecular weight excluding hydrogens is 312 g/mol. The van der Waals surface area contributed by atoms with Crippen molar-refractivity contribution in [2.24, 2.45) is 0 Å². The Bertz CT molecular complexity index is 981. The largest absolute Gasteiger partial charge is 0.346 e. The number of carbonyl (C=O) groups excluding carboxylic acids is 2. The fraction of sp³-hybridized carbons (Fsp3) is 0. The van der Waals surface area contributed by atoms with Crippen LogP contribution < -0.4 is 4.57 Å². The predicted octanol–water partition coefficient (Wildman–Crippen LogP) is 3.31. The van der Waals surface area contributed by atoms with Crippen LogP contribution in [-0.4, -0.2) is 16.4 Å². The molecule has 0 bridgehead atoms. The smallest absolute Gasteiger partial charge is 0.240 e. The van der Waals surface area contributed by atoms with Crippen LogP contribution in [0.2, 0.25) is 0 Å². The first kappa shape index (κ1) is 15.0. The lowest BCUT2D eigenvalue weighted by atomic mass is 10.2. The summed E-state index contributed by atoms with van der Waals surface area (Å²) >= 11 is 0. The summed E-state index contributed by atoms with van der Waals surface area (Å²) in [5.41, 5.74) is 2.53. The van der Waals surface area contributed by atoms with E-state index in [-0.39, 0.29) is 11.8 Å². The summed E-state index contributed by atoms with van der Waals surface area (Å²) in [4.78, 5) is 25.7. The molecule has 0 amide bonds. The third-order valence-corrected chi connectivity index (χ3v) is 4.11. The topological polar surface area (TPSA) is 43.0 Å². The Morgan fingerprint density at radius 3 is 1.92 bits per heavy atom. The molecule has 0 atom stereocenters. The van der Waals surface area contributed by atoms with Gasteiger partial charge in [0.05, 0.1) is 11.1 Å². The molecule has 0 aliphatic carbocycles. The fourth-order valence-corrected chi connectivity index (χ4v) is 2.87. The molecule has 4 aromatic rings. The van der Waals surface area contributed by atoms with E-state index in [0.717, 1.165) is 0 Å². The van der Waals surface area contributed by atoms with Crippen LogP contribution in [0.3, 0.4) is 0 Å². The zero-order chi connectivity index (χ0) is 17.2. The van der Waals surface area contributed by atoms with Gasteiger partial charge in [-0.05, 0) is 36.4 Å². The quantitative estimate of drug-likeness (QED) is 0.530. The van der Waals surface area contributed by atoms with Crippen LogP contribution in [0.15, 0.2) is 91.3 Å². The molecule has 25 heavy (non-hydrogen) atoms. The van der Waals surface area contributed by atoms with Crippen LogP contribution in [0.4, 0.5) is 0 Å². The lowest BCUT2D eigenvalue weighted by Crippen LogP contribution is -2.42. The number of para-hydroxylation sites is 2. The van der Waals surface area contributed by atoms with Gasteiger partial charge in [-0.15, -0.1) is 0 Å². The van der Waals surface area contributed by atoms with Crippen molar-refractivity contribution >= 4 is 22.8 Å². The molecule has 0 unspecified atom stereocenters. The molecule has 0 radical (unpaired) electrons. The molecule has 1 heterocycles. The Balaban J connectivity index is 1.88. The summed E-state index contributed by atoms with van der Waals surface area (Å²) in [6.07, 6.45) is 1.56. The van der Waals surface area contributed by atoms with Gasteiger partial charge in [-0.25, -0.2) is 9.59 Å². The minimum atomic E-state index is -0.170. The van der Waals surface area contributed by atoms with Gasteiger partial charge in [-0.3, -0.25) is 0 Å². The minimum Gasteiger partial charge on any atom is -0.240 e. The molecule has 1 aromatic heterocycles. The lowest BCUT2D eigenvalue weighted by molar-refractivity contribution is -0.542. The average Bonchev–Trinajstić information content (AvgIpc) is 3.08. The van der Waals surface area contributed by atoms with Crippen molar-refractivity contribution in [1.29, 1.82) is 0 Å². The maximum Gasteiger partial charge on any atom is 0.346 e. The van der Waals surface area contributed by atoms with Gasteiger partial charge in [0.1, 0.15) is 0 Å². The molecular formula is C21H15N2O2+. The summed E-state index contributed by atoms with van der Waals surface area (Å²) in [6, 6.07) is 25.5. The highest BCUT2D eigenvalue weighted by Gasteiger charge is 2.26. The molecule has 4 rings (SSSR count). The van der Waals surface area contributed by atoms with Crippen LogP contribution in [0.5, 0.6) is 0 Å². The molecule has 0 fully saturated rings. The maximum atomic E-state index is 12.9. The lowest BCUT2D eigenvalue weighted by Gasteiger charge is -1.96. The number of rotatable bonds is 2. The van der Waals surface area contributed by atoms with Crippen LogP contribution in [-0.2, 0) is 0 Å². The van der Waals surface area contributed by atoms with Crippen molar-refractivity contribution < 1.29 is 14.2 Å². The molecule has 0 aliphatic heterocycles. The standard InChI is InChI=1S/C21H15N2O2/c24-20(16-9-3-1-4-10-16)22-15-23(19-14-8-7-13-18(19)22)21(25)17-11-5-2-6-12-17/h1-15H/q+1. The van der Waals surface area contributed by atoms with Gasteiger partial charge in [0, 0.05) is 0 Å². The number of hydrogen-bond donors (Lipinski definition) is 0. The minimum absolute atomic E-state index is 0.170. The Hall–Kier alpha value is -3.53.